The van der Waals surface area contributed by atoms with E-state index in [4.69, 9.17) is 15.6 Å². The molecule has 0 bridgehead atoms. The highest BCUT2D eigenvalue weighted by Gasteiger charge is 2.15. The quantitative estimate of drug-likeness (QED) is 0.710. The van der Waals surface area contributed by atoms with E-state index in [0.29, 0.717) is 13.0 Å². The van der Waals surface area contributed by atoms with E-state index in [1.54, 1.807) is 0 Å². The van der Waals surface area contributed by atoms with Gasteiger partial charge in [0.1, 0.15) is 5.82 Å². The molecule has 1 aromatic carbocycles. The molecule has 1 unspecified atom stereocenters. The summed E-state index contributed by atoms with van der Waals surface area (Å²) < 4.78 is 18.2. The molecule has 0 radical (unpaired) electrons. The summed E-state index contributed by atoms with van der Waals surface area (Å²) in [6.07, 6.45) is 0.331. The average molecular weight is 270 g/mol. The lowest BCUT2D eigenvalue weighted by Crippen LogP contribution is -2.36. The van der Waals surface area contributed by atoms with Crippen molar-refractivity contribution in [2.24, 2.45) is 5.73 Å². The van der Waals surface area contributed by atoms with Crippen LogP contribution in [0.3, 0.4) is 0 Å². The first kappa shape index (κ1) is 15.1. The Morgan fingerprint density at radius 3 is 2.74 bits per heavy atom. The van der Waals surface area contributed by atoms with Gasteiger partial charge in [0.25, 0.3) is 0 Å². The van der Waals surface area contributed by atoms with Gasteiger partial charge in [0.05, 0.1) is 11.6 Å². The molecule has 1 atom stereocenters. The Kier molecular flexibility index (Phi) is 5.40. The van der Waals surface area contributed by atoms with Crippen molar-refractivity contribution in [3.8, 4) is 0 Å². The van der Waals surface area contributed by atoms with Crippen LogP contribution >= 0.6 is 0 Å². The number of nitrogens with one attached hydrogen (secondary N) is 1. The molecule has 0 aliphatic carbocycles. The van der Waals surface area contributed by atoms with Crippen LogP contribution in [0.4, 0.5) is 10.1 Å². The number of carbonyl (C=O) groups excluding carboxylic acids is 1. The summed E-state index contributed by atoms with van der Waals surface area (Å²) in [5.74, 6) is -2.78. The van der Waals surface area contributed by atoms with Crippen molar-refractivity contribution in [1.29, 1.82) is 0 Å². The van der Waals surface area contributed by atoms with Crippen molar-refractivity contribution >= 4 is 17.6 Å². The second kappa shape index (κ2) is 6.81. The van der Waals surface area contributed by atoms with Gasteiger partial charge in [-0.1, -0.05) is 0 Å². The number of carbonyl (C=O) groups is 2. The van der Waals surface area contributed by atoms with Crippen molar-refractivity contribution in [2.45, 2.75) is 12.5 Å². The number of aromatic carboxylic acids is 1. The number of amides is 1. The fraction of sp³-hybridized carbons (Fsp3) is 0.333. The number of halogens is 1. The zero-order valence-electron chi connectivity index (χ0n) is 10.4. The molecule has 0 heterocycles. The highest BCUT2D eigenvalue weighted by molar-refractivity contribution is 5.95. The van der Waals surface area contributed by atoms with Crippen molar-refractivity contribution in [1.82, 2.24) is 0 Å². The summed E-state index contributed by atoms with van der Waals surface area (Å²) in [6.45, 7) is 0.334. The third-order valence-electron chi connectivity index (χ3n) is 2.44. The van der Waals surface area contributed by atoms with Crippen LogP contribution in [-0.4, -0.2) is 36.7 Å². The highest BCUT2D eigenvalue weighted by Crippen LogP contribution is 2.15. The number of nitrogens with two attached hydrogens (primary N) is 1. The minimum Gasteiger partial charge on any atom is -0.478 e. The lowest BCUT2D eigenvalue weighted by atomic mass is 10.1. The van der Waals surface area contributed by atoms with Gasteiger partial charge in [0, 0.05) is 19.4 Å². The molecule has 0 fully saturated rings. The number of hydrogen-bond acceptors (Lipinski definition) is 4. The Morgan fingerprint density at radius 1 is 1.53 bits per heavy atom. The fourth-order valence-corrected chi connectivity index (χ4v) is 1.38. The second-order valence-electron chi connectivity index (χ2n) is 3.88. The van der Waals surface area contributed by atoms with Gasteiger partial charge in [-0.2, -0.15) is 0 Å². The summed E-state index contributed by atoms with van der Waals surface area (Å²) in [6, 6.07) is 2.54. The van der Waals surface area contributed by atoms with Gasteiger partial charge in [-0.15, -0.1) is 0 Å². The molecule has 0 aliphatic rings. The van der Waals surface area contributed by atoms with Crippen molar-refractivity contribution in [3.63, 3.8) is 0 Å². The lowest BCUT2D eigenvalue weighted by molar-refractivity contribution is -0.117. The van der Waals surface area contributed by atoms with Crippen LogP contribution in [0.25, 0.3) is 0 Å². The first-order valence-corrected chi connectivity index (χ1v) is 5.54. The van der Waals surface area contributed by atoms with E-state index in [-0.39, 0.29) is 5.69 Å². The van der Waals surface area contributed by atoms with Gasteiger partial charge in [0.15, 0.2) is 0 Å². The van der Waals surface area contributed by atoms with Crippen LogP contribution in [0.1, 0.15) is 16.8 Å². The Balaban J connectivity index is 2.70. The molecule has 0 aliphatic heterocycles. The standard InChI is InChI=1S/C12H15FN2O4/c1-19-5-4-10(14)11(16)15-7-2-3-8(12(17)18)9(13)6-7/h2-3,6,10H,4-5,14H2,1H3,(H,15,16)(H,17,18). The Hall–Kier alpha value is -1.99. The van der Waals surface area contributed by atoms with Crippen molar-refractivity contribution in [3.05, 3.63) is 29.6 Å². The number of methoxy groups -OCH3 is 1. The van der Waals surface area contributed by atoms with Gasteiger partial charge in [0.2, 0.25) is 5.91 Å². The second-order valence-corrected chi connectivity index (χ2v) is 3.88. The SMILES string of the molecule is COCCC(N)C(=O)Nc1ccc(C(=O)O)c(F)c1. The lowest BCUT2D eigenvalue weighted by Gasteiger charge is -2.12. The van der Waals surface area contributed by atoms with Crippen LogP contribution in [0.2, 0.25) is 0 Å². The first-order chi connectivity index (χ1) is 8.95. The fourth-order valence-electron chi connectivity index (χ4n) is 1.38. The van der Waals surface area contributed by atoms with Crippen LogP contribution in [0.15, 0.2) is 18.2 Å². The minimum absolute atomic E-state index is 0.153. The maximum atomic E-state index is 13.4. The summed E-state index contributed by atoms with van der Waals surface area (Å²) in [5, 5.41) is 11.1. The van der Waals surface area contributed by atoms with E-state index in [1.807, 2.05) is 0 Å². The van der Waals surface area contributed by atoms with Gasteiger partial charge in [-0.3, -0.25) is 4.79 Å². The maximum absolute atomic E-state index is 13.4. The summed E-state index contributed by atoms with van der Waals surface area (Å²) in [5.41, 5.74) is 5.28. The smallest absolute Gasteiger partial charge is 0.338 e. The molecule has 1 rings (SSSR count). The molecule has 104 valence electrons. The van der Waals surface area contributed by atoms with E-state index >= 15 is 0 Å². The van der Waals surface area contributed by atoms with Crippen LogP contribution < -0.4 is 11.1 Å². The molecule has 1 amide bonds. The topological polar surface area (TPSA) is 102 Å². The highest BCUT2D eigenvalue weighted by atomic mass is 19.1. The van der Waals surface area contributed by atoms with E-state index < -0.39 is 29.3 Å². The molecule has 0 spiro atoms. The molecule has 7 heteroatoms. The van der Waals surface area contributed by atoms with Gasteiger partial charge in [-0.25, -0.2) is 9.18 Å². The number of rotatable bonds is 6. The Morgan fingerprint density at radius 2 is 2.21 bits per heavy atom. The predicted octanol–water partition coefficient (Wildman–Crippen LogP) is 0.826. The van der Waals surface area contributed by atoms with E-state index in [2.05, 4.69) is 5.32 Å². The summed E-state index contributed by atoms with van der Waals surface area (Å²) in [7, 11) is 1.49. The molecule has 0 saturated carbocycles. The average Bonchev–Trinajstić information content (AvgIpc) is 2.35. The normalized spacial score (nSPS) is 11.9. The van der Waals surface area contributed by atoms with E-state index in [9.17, 15) is 14.0 Å². The number of carboxylic acid groups (broad SMARTS) is 1. The van der Waals surface area contributed by atoms with Gasteiger partial charge < -0.3 is 20.9 Å². The predicted molar refractivity (Wildman–Crippen MR) is 66.5 cm³/mol. The monoisotopic (exact) mass is 270 g/mol. The zero-order valence-corrected chi connectivity index (χ0v) is 10.4. The number of anilines is 1. The van der Waals surface area contributed by atoms with E-state index in [1.165, 1.54) is 13.2 Å². The maximum Gasteiger partial charge on any atom is 0.338 e. The molecule has 0 saturated heterocycles. The van der Waals surface area contributed by atoms with Crippen molar-refractivity contribution in [2.75, 3.05) is 19.0 Å². The molecule has 4 N–H and O–H groups in total. The largest absolute Gasteiger partial charge is 0.478 e. The minimum atomic E-state index is -1.37. The summed E-state index contributed by atoms with van der Waals surface area (Å²) >= 11 is 0. The third-order valence-corrected chi connectivity index (χ3v) is 2.44. The molecule has 6 nitrogen and oxygen atoms in total. The molecular formula is C12H15FN2O4. The van der Waals surface area contributed by atoms with Crippen molar-refractivity contribution < 1.29 is 23.8 Å². The Labute approximate surface area is 109 Å². The summed E-state index contributed by atoms with van der Waals surface area (Å²) in [4.78, 5) is 22.2. The molecular weight excluding hydrogens is 255 g/mol. The van der Waals surface area contributed by atoms with Crippen LogP contribution in [-0.2, 0) is 9.53 Å². The van der Waals surface area contributed by atoms with Gasteiger partial charge >= 0.3 is 5.97 Å². The third kappa shape index (κ3) is 4.31. The van der Waals surface area contributed by atoms with Gasteiger partial charge in [-0.05, 0) is 24.6 Å². The van der Waals surface area contributed by atoms with E-state index in [0.717, 1.165) is 12.1 Å². The molecule has 0 aromatic heterocycles. The van der Waals surface area contributed by atoms with Crippen LogP contribution in [0, 0.1) is 5.82 Å². The zero-order chi connectivity index (χ0) is 14.4. The Bertz CT molecular complexity index is 479. The first-order valence-electron chi connectivity index (χ1n) is 5.54. The number of hydrogen-bond donors (Lipinski definition) is 3. The number of ether oxygens (including phenoxy) is 1. The van der Waals surface area contributed by atoms with Crippen LogP contribution in [0.5, 0.6) is 0 Å². The molecule has 1 aromatic rings. The molecule has 19 heavy (non-hydrogen) atoms. The number of benzene rings is 1. The number of carboxylic acids is 1.